The lowest BCUT2D eigenvalue weighted by molar-refractivity contribution is 0.572. The molecule has 1 aromatic rings. The minimum atomic E-state index is -0.0112. The van der Waals surface area contributed by atoms with Crippen molar-refractivity contribution in [2.45, 2.75) is 24.3 Å². The third-order valence-corrected chi connectivity index (χ3v) is 3.60. The molecule has 0 N–H and O–H groups in total. The largest absolute Gasteiger partial charge is 0.244 e. The van der Waals surface area contributed by atoms with E-state index in [1.165, 1.54) is 10.5 Å². The smallest absolute Gasteiger partial charge is 0.107 e. The summed E-state index contributed by atoms with van der Waals surface area (Å²) in [5.41, 5.74) is 1.27. The molecular formula is C11H14N2OS. The molecule has 0 bridgehead atoms. The van der Waals surface area contributed by atoms with Crippen LogP contribution in [0.2, 0.25) is 0 Å². The maximum absolute atomic E-state index is 10.4. The second-order valence-corrected chi connectivity index (χ2v) is 5.01. The number of aryl methyl sites for hydroxylation is 1. The second-order valence-electron chi connectivity index (χ2n) is 3.84. The molecule has 3 nitrogen and oxygen atoms in total. The highest BCUT2D eigenvalue weighted by Crippen LogP contribution is 2.27. The van der Waals surface area contributed by atoms with Crippen molar-refractivity contribution in [1.82, 2.24) is 4.31 Å². The lowest BCUT2D eigenvalue weighted by atomic mass is 10.2. The molecule has 1 saturated heterocycles. The van der Waals surface area contributed by atoms with Gasteiger partial charge in [-0.1, -0.05) is 22.9 Å². The molecule has 0 amide bonds. The Morgan fingerprint density at radius 3 is 2.73 bits per heavy atom. The molecule has 0 radical (unpaired) electrons. The van der Waals surface area contributed by atoms with Crippen molar-refractivity contribution >= 4 is 11.9 Å². The molecule has 1 aliphatic rings. The van der Waals surface area contributed by atoms with Gasteiger partial charge in [0, 0.05) is 18.0 Å². The number of nitrogens with zero attached hydrogens (tertiary/aromatic N) is 2. The zero-order valence-corrected chi connectivity index (χ0v) is 9.54. The van der Waals surface area contributed by atoms with Gasteiger partial charge in [-0.2, -0.15) is 4.91 Å². The zero-order valence-electron chi connectivity index (χ0n) is 8.72. The summed E-state index contributed by atoms with van der Waals surface area (Å²) in [5.74, 6) is 0. The summed E-state index contributed by atoms with van der Waals surface area (Å²) in [6.45, 7) is 3.81. The highest BCUT2D eigenvalue weighted by Gasteiger charge is 2.23. The maximum Gasteiger partial charge on any atom is 0.107 e. The first-order valence-corrected chi connectivity index (χ1v) is 5.87. The quantitative estimate of drug-likeness (QED) is 0.582. The van der Waals surface area contributed by atoms with E-state index in [0.29, 0.717) is 0 Å². The molecule has 1 atom stereocenters. The first-order valence-electron chi connectivity index (χ1n) is 5.10. The Morgan fingerprint density at radius 2 is 2.13 bits per heavy atom. The van der Waals surface area contributed by atoms with Gasteiger partial charge in [0.05, 0.1) is 0 Å². The van der Waals surface area contributed by atoms with Crippen LogP contribution in [0.25, 0.3) is 0 Å². The van der Waals surface area contributed by atoms with Gasteiger partial charge in [0.25, 0.3) is 0 Å². The van der Waals surface area contributed by atoms with Gasteiger partial charge in [0.2, 0.25) is 0 Å². The Hall–Kier alpha value is -0.870. The van der Waals surface area contributed by atoms with Crippen LogP contribution in [0.15, 0.2) is 34.3 Å². The third kappa shape index (κ3) is 2.79. The predicted octanol–water partition coefficient (Wildman–Crippen LogP) is 2.84. The summed E-state index contributed by atoms with van der Waals surface area (Å²) >= 11 is 1.71. The zero-order chi connectivity index (χ0) is 10.7. The Labute approximate surface area is 94.0 Å². The summed E-state index contributed by atoms with van der Waals surface area (Å²) in [4.78, 5) is 11.6. The van der Waals surface area contributed by atoms with Crippen LogP contribution in [0.4, 0.5) is 0 Å². The minimum Gasteiger partial charge on any atom is -0.244 e. The van der Waals surface area contributed by atoms with Gasteiger partial charge >= 0.3 is 0 Å². The van der Waals surface area contributed by atoms with E-state index in [4.69, 9.17) is 0 Å². The van der Waals surface area contributed by atoms with Crippen molar-refractivity contribution in [2.75, 3.05) is 13.1 Å². The van der Waals surface area contributed by atoms with Gasteiger partial charge in [-0.05, 0) is 37.4 Å². The molecule has 2 rings (SSSR count). The summed E-state index contributed by atoms with van der Waals surface area (Å²) in [6, 6.07) is 8.42. The highest BCUT2D eigenvalue weighted by atomic mass is 32.2. The topological polar surface area (TPSA) is 32.7 Å². The van der Waals surface area contributed by atoms with Gasteiger partial charge < -0.3 is 0 Å². The van der Waals surface area contributed by atoms with E-state index in [2.05, 4.69) is 40.7 Å². The van der Waals surface area contributed by atoms with Crippen molar-refractivity contribution < 1.29 is 0 Å². The van der Waals surface area contributed by atoms with Crippen LogP contribution in [-0.4, -0.2) is 23.4 Å². The van der Waals surface area contributed by atoms with Crippen LogP contribution in [0.3, 0.4) is 0 Å². The van der Waals surface area contributed by atoms with E-state index < -0.39 is 0 Å². The highest BCUT2D eigenvalue weighted by molar-refractivity contribution is 7.97. The maximum atomic E-state index is 10.4. The molecule has 1 fully saturated rings. The molecule has 0 spiro atoms. The van der Waals surface area contributed by atoms with Crippen LogP contribution >= 0.6 is 11.9 Å². The molecule has 15 heavy (non-hydrogen) atoms. The first kappa shape index (κ1) is 10.6. The molecule has 0 aromatic heterocycles. The number of rotatable bonds is 3. The van der Waals surface area contributed by atoms with E-state index in [9.17, 15) is 4.91 Å². The van der Waals surface area contributed by atoms with E-state index in [1.54, 1.807) is 11.9 Å². The van der Waals surface area contributed by atoms with Gasteiger partial charge in [-0.15, -0.1) is 0 Å². The van der Waals surface area contributed by atoms with Crippen LogP contribution in [0.1, 0.15) is 12.0 Å². The SMILES string of the molecule is Cc1ccc(SN2CCC(N=O)C2)cc1. The Morgan fingerprint density at radius 1 is 1.40 bits per heavy atom. The average molecular weight is 222 g/mol. The molecule has 4 heteroatoms. The Bertz CT molecular complexity index is 339. The summed E-state index contributed by atoms with van der Waals surface area (Å²) in [5, 5.41) is 3.09. The fourth-order valence-corrected chi connectivity index (χ4v) is 2.63. The lowest BCUT2D eigenvalue weighted by Crippen LogP contribution is -2.12. The van der Waals surface area contributed by atoms with Crippen molar-refractivity contribution in [3.05, 3.63) is 34.7 Å². The first-order chi connectivity index (χ1) is 7.28. The van der Waals surface area contributed by atoms with E-state index in [-0.39, 0.29) is 6.04 Å². The standard InChI is InChI=1S/C11H14N2OS/c1-9-2-4-11(5-3-9)15-13-7-6-10(8-13)12-14/h2-5,10H,6-8H2,1H3. The van der Waals surface area contributed by atoms with Crippen LogP contribution in [0, 0.1) is 11.8 Å². The van der Waals surface area contributed by atoms with E-state index >= 15 is 0 Å². The van der Waals surface area contributed by atoms with Crippen molar-refractivity contribution in [2.24, 2.45) is 5.18 Å². The molecular weight excluding hydrogens is 208 g/mol. The summed E-state index contributed by atoms with van der Waals surface area (Å²) in [7, 11) is 0. The van der Waals surface area contributed by atoms with E-state index in [1.807, 2.05) is 0 Å². The van der Waals surface area contributed by atoms with E-state index in [0.717, 1.165) is 19.5 Å². The normalized spacial score (nSPS) is 21.8. The van der Waals surface area contributed by atoms with Gasteiger partial charge in [0.1, 0.15) is 6.04 Å². The number of hydrogen-bond donors (Lipinski definition) is 0. The van der Waals surface area contributed by atoms with Gasteiger partial charge in [-0.3, -0.25) is 0 Å². The molecule has 1 aromatic carbocycles. The third-order valence-electron chi connectivity index (χ3n) is 2.53. The number of benzene rings is 1. The number of nitroso groups, excluding NO2 is 1. The lowest BCUT2D eigenvalue weighted by Gasteiger charge is -2.13. The second kappa shape index (κ2) is 4.77. The monoisotopic (exact) mass is 222 g/mol. The minimum absolute atomic E-state index is 0.0112. The fourth-order valence-electron chi connectivity index (χ4n) is 1.63. The number of hydrogen-bond acceptors (Lipinski definition) is 4. The van der Waals surface area contributed by atoms with Crippen molar-refractivity contribution in [3.8, 4) is 0 Å². The summed E-state index contributed by atoms with van der Waals surface area (Å²) in [6.07, 6.45) is 0.891. The molecule has 80 valence electrons. The average Bonchev–Trinajstić information content (AvgIpc) is 2.69. The van der Waals surface area contributed by atoms with Crippen LogP contribution in [-0.2, 0) is 0 Å². The molecule has 1 unspecified atom stereocenters. The predicted molar refractivity (Wildman–Crippen MR) is 62.8 cm³/mol. The molecule has 1 aliphatic heterocycles. The Kier molecular flexibility index (Phi) is 3.38. The molecule has 1 heterocycles. The van der Waals surface area contributed by atoms with Gasteiger partial charge in [0.15, 0.2) is 0 Å². The summed E-state index contributed by atoms with van der Waals surface area (Å²) < 4.78 is 2.21. The Balaban J connectivity index is 1.92. The molecule has 0 saturated carbocycles. The molecule has 0 aliphatic carbocycles. The van der Waals surface area contributed by atoms with Gasteiger partial charge in [-0.25, -0.2) is 4.31 Å². The van der Waals surface area contributed by atoms with Crippen LogP contribution < -0.4 is 0 Å². The fraction of sp³-hybridized carbons (Fsp3) is 0.455. The van der Waals surface area contributed by atoms with Crippen molar-refractivity contribution in [1.29, 1.82) is 0 Å². The van der Waals surface area contributed by atoms with Crippen LogP contribution in [0.5, 0.6) is 0 Å². The van der Waals surface area contributed by atoms with Crippen molar-refractivity contribution in [3.63, 3.8) is 0 Å².